The van der Waals surface area contributed by atoms with Crippen molar-refractivity contribution in [3.05, 3.63) is 29.8 Å². The highest BCUT2D eigenvalue weighted by molar-refractivity contribution is 5.80. The summed E-state index contributed by atoms with van der Waals surface area (Å²) < 4.78 is 5.64. The molecule has 1 aromatic rings. The number of hydrogen-bond acceptors (Lipinski definition) is 3. The minimum Gasteiger partial charge on any atom is -0.399 e. The van der Waals surface area contributed by atoms with Gasteiger partial charge in [-0.2, -0.15) is 0 Å². The fourth-order valence-electron chi connectivity index (χ4n) is 2.75. The molecule has 0 saturated heterocycles. The summed E-state index contributed by atoms with van der Waals surface area (Å²) in [6.45, 7) is 2.32. The Morgan fingerprint density at radius 3 is 2.76 bits per heavy atom. The van der Waals surface area contributed by atoms with Gasteiger partial charge in [0, 0.05) is 11.7 Å². The second-order valence-corrected chi connectivity index (χ2v) is 5.81. The first-order valence-corrected chi connectivity index (χ1v) is 7.92. The maximum absolute atomic E-state index is 12.1. The van der Waals surface area contributed by atoms with E-state index in [2.05, 4.69) is 5.32 Å². The Balaban J connectivity index is 1.70. The number of benzene rings is 1. The number of hydrogen-bond donors (Lipinski definition) is 2. The second-order valence-electron chi connectivity index (χ2n) is 5.81. The van der Waals surface area contributed by atoms with Crippen LogP contribution in [-0.4, -0.2) is 24.7 Å². The molecule has 21 heavy (non-hydrogen) atoms. The van der Waals surface area contributed by atoms with Gasteiger partial charge in [-0.25, -0.2) is 0 Å². The Morgan fingerprint density at radius 2 is 2.05 bits per heavy atom. The van der Waals surface area contributed by atoms with Gasteiger partial charge in [0.15, 0.2) is 0 Å². The van der Waals surface area contributed by atoms with Crippen molar-refractivity contribution in [2.75, 3.05) is 12.3 Å². The van der Waals surface area contributed by atoms with Gasteiger partial charge in [-0.15, -0.1) is 0 Å². The molecule has 0 heterocycles. The summed E-state index contributed by atoms with van der Waals surface area (Å²) in [6, 6.07) is 8.09. The first-order valence-electron chi connectivity index (χ1n) is 7.92. The molecular weight excluding hydrogens is 264 g/mol. The molecule has 1 aromatic carbocycles. The van der Waals surface area contributed by atoms with Gasteiger partial charge in [0.25, 0.3) is 0 Å². The summed E-state index contributed by atoms with van der Waals surface area (Å²) in [5.41, 5.74) is 7.73. The van der Waals surface area contributed by atoms with Gasteiger partial charge in [0.2, 0.25) is 5.91 Å². The summed E-state index contributed by atoms with van der Waals surface area (Å²) in [6.07, 6.45) is 6.24. The Morgan fingerprint density at radius 1 is 1.33 bits per heavy atom. The third-order valence-electron chi connectivity index (χ3n) is 4.12. The van der Waals surface area contributed by atoms with Gasteiger partial charge in [-0.05, 0) is 37.8 Å². The molecule has 4 nitrogen and oxygen atoms in total. The fourth-order valence-corrected chi connectivity index (χ4v) is 2.75. The van der Waals surface area contributed by atoms with Crippen molar-refractivity contribution in [3.63, 3.8) is 0 Å². The lowest BCUT2D eigenvalue weighted by Gasteiger charge is -2.24. The number of para-hydroxylation sites is 1. The number of ether oxygens (including phenoxy) is 1. The normalized spacial score (nSPS) is 17.4. The van der Waals surface area contributed by atoms with Crippen LogP contribution in [-0.2, 0) is 16.0 Å². The highest BCUT2D eigenvalue weighted by atomic mass is 16.5. The van der Waals surface area contributed by atoms with E-state index in [9.17, 15) is 4.79 Å². The molecule has 0 bridgehead atoms. The van der Waals surface area contributed by atoms with Crippen molar-refractivity contribution in [2.45, 2.75) is 57.6 Å². The Kier molecular flexibility index (Phi) is 6.05. The molecule has 1 aliphatic rings. The van der Waals surface area contributed by atoms with E-state index in [1.165, 1.54) is 19.3 Å². The van der Waals surface area contributed by atoms with Gasteiger partial charge in [0.1, 0.15) is 6.10 Å². The number of nitrogens with two attached hydrogens (primary N) is 1. The van der Waals surface area contributed by atoms with E-state index in [1.54, 1.807) is 0 Å². The zero-order valence-corrected chi connectivity index (χ0v) is 12.8. The van der Waals surface area contributed by atoms with Crippen molar-refractivity contribution in [2.24, 2.45) is 0 Å². The predicted molar refractivity (Wildman–Crippen MR) is 85.0 cm³/mol. The number of rotatable bonds is 6. The number of anilines is 1. The maximum Gasteiger partial charge on any atom is 0.249 e. The van der Waals surface area contributed by atoms with Crippen LogP contribution in [0, 0.1) is 0 Å². The van der Waals surface area contributed by atoms with Gasteiger partial charge < -0.3 is 15.8 Å². The molecular formula is C17H26N2O2. The summed E-state index contributed by atoms with van der Waals surface area (Å²) in [7, 11) is 0. The molecule has 0 radical (unpaired) electrons. The molecule has 1 unspecified atom stereocenters. The zero-order chi connectivity index (χ0) is 15.1. The van der Waals surface area contributed by atoms with Crippen LogP contribution in [0.25, 0.3) is 0 Å². The van der Waals surface area contributed by atoms with Gasteiger partial charge in [-0.1, -0.05) is 37.5 Å². The van der Waals surface area contributed by atoms with Crippen LogP contribution >= 0.6 is 0 Å². The zero-order valence-electron chi connectivity index (χ0n) is 12.8. The lowest BCUT2D eigenvalue weighted by Crippen LogP contribution is -2.42. The third kappa shape index (κ3) is 5.05. The van der Waals surface area contributed by atoms with Crippen molar-refractivity contribution in [1.82, 2.24) is 5.32 Å². The standard InChI is InChI=1S/C17H26N2O2/c1-13(17(20)19-15-8-3-2-4-9-15)21-12-11-14-7-5-6-10-16(14)18/h5-7,10,13,15H,2-4,8-9,11-12,18H2,1H3,(H,19,20). The molecule has 0 spiro atoms. The predicted octanol–water partition coefficient (Wildman–Crippen LogP) is 2.67. The van der Waals surface area contributed by atoms with E-state index in [4.69, 9.17) is 10.5 Å². The average molecular weight is 290 g/mol. The number of carbonyl (C=O) groups excluding carboxylic acids is 1. The van der Waals surface area contributed by atoms with Crippen molar-refractivity contribution >= 4 is 11.6 Å². The number of nitrogens with one attached hydrogen (secondary N) is 1. The van der Waals surface area contributed by atoms with Crippen LogP contribution in [0.5, 0.6) is 0 Å². The van der Waals surface area contributed by atoms with Crippen molar-refractivity contribution < 1.29 is 9.53 Å². The second kappa shape index (κ2) is 8.03. The van der Waals surface area contributed by atoms with Crippen LogP contribution in [0.2, 0.25) is 0 Å². The van der Waals surface area contributed by atoms with E-state index in [0.717, 1.165) is 30.5 Å². The number of amides is 1. The van der Waals surface area contributed by atoms with Crippen LogP contribution in [0.4, 0.5) is 5.69 Å². The van der Waals surface area contributed by atoms with E-state index >= 15 is 0 Å². The highest BCUT2D eigenvalue weighted by Gasteiger charge is 2.19. The summed E-state index contributed by atoms with van der Waals surface area (Å²) >= 11 is 0. The maximum atomic E-state index is 12.1. The first kappa shape index (κ1) is 15.8. The summed E-state index contributed by atoms with van der Waals surface area (Å²) in [5, 5.41) is 3.09. The van der Waals surface area contributed by atoms with E-state index in [-0.39, 0.29) is 5.91 Å². The minimum absolute atomic E-state index is 0.00272. The summed E-state index contributed by atoms with van der Waals surface area (Å²) in [5.74, 6) is 0.00272. The molecule has 4 heteroatoms. The van der Waals surface area contributed by atoms with Crippen LogP contribution < -0.4 is 11.1 Å². The molecule has 3 N–H and O–H groups in total. The monoisotopic (exact) mass is 290 g/mol. The Hall–Kier alpha value is -1.55. The van der Waals surface area contributed by atoms with E-state index < -0.39 is 6.10 Å². The molecule has 1 saturated carbocycles. The first-order chi connectivity index (χ1) is 10.2. The number of carbonyl (C=O) groups is 1. The van der Waals surface area contributed by atoms with Crippen LogP contribution in [0.1, 0.15) is 44.6 Å². The van der Waals surface area contributed by atoms with Gasteiger partial charge in [-0.3, -0.25) is 4.79 Å². The van der Waals surface area contributed by atoms with Crippen LogP contribution in [0.3, 0.4) is 0 Å². The van der Waals surface area contributed by atoms with E-state index in [0.29, 0.717) is 12.6 Å². The van der Waals surface area contributed by atoms with Crippen molar-refractivity contribution in [1.29, 1.82) is 0 Å². The quantitative estimate of drug-likeness (QED) is 0.792. The molecule has 1 atom stereocenters. The third-order valence-corrected chi connectivity index (χ3v) is 4.12. The molecule has 0 aromatic heterocycles. The smallest absolute Gasteiger partial charge is 0.249 e. The molecule has 1 amide bonds. The molecule has 1 fully saturated rings. The lowest BCUT2D eigenvalue weighted by molar-refractivity contribution is -0.132. The Labute approximate surface area is 127 Å². The molecule has 116 valence electrons. The topological polar surface area (TPSA) is 64.3 Å². The Bertz CT molecular complexity index is 456. The average Bonchev–Trinajstić information content (AvgIpc) is 2.50. The van der Waals surface area contributed by atoms with Crippen molar-refractivity contribution in [3.8, 4) is 0 Å². The van der Waals surface area contributed by atoms with Gasteiger partial charge in [0.05, 0.1) is 6.61 Å². The van der Waals surface area contributed by atoms with Crippen LogP contribution in [0.15, 0.2) is 24.3 Å². The molecule has 0 aliphatic heterocycles. The minimum atomic E-state index is -0.406. The highest BCUT2D eigenvalue weighted by Crippen LogP contribution is 2.17. The SMILES string of the molecule is CC(OCCc1ccccc1N)C(=O)NC1CCCCC1. The van der Waals surface area contributed by atoms with E-state index in [1.807, 2.05) is 31.2 Å². The fraction of sp³-hybridized carbons (Fsp3) is 0.588. The molecule has 1 aliphatic carbocycles. The molecule has 2 rings (SSSR count). The number of nitrogen functional groups attached to an aromatic ring is 1. The lowest BCUT2D eigenvalue weighted by atomic mass is 9.95. The summed E-state index contributed by atoms with van der Waals surface area (Å²) in [4.78, 5) is 12.1. The van der Waals surface area contributed by atoms with Gasteiger partial charge >= 0.3 is 0 Å². The largest absolute Gasteiger partial charge is 0.399 e.